The molecule has 3 heterocycles. The number of anilines is 1. The molecule has 1 amide bonds. The van der Waals surface area contributed by atoms with E-state index >= 15 is 0 Å². The lowest BCUT2D eigenvalue weighted by Gasteiger charge is -2.43. The number of hydrogen-bond donors (Lipinski definition) is 2. The number of carbonyl (C=O) groups is 1. The standard InChI is InChI=1S/C17H25N5O/c1-11-6-9-22(17(23)12(2)18)10-15(11)21(3)14-5-8-20-16-13(14)4-7-19-16/h4-5,7-8,11-12,15H,6,9-10,18H2,1-3H3,(H,19,20). The summed E-state index contributed by atoms with van der Waals surface area (Å²) in [5.74, 6) is 0.552. The van der Waals surface area contributed by atoms with Crippen molar-refractivity contribution in [2.45, 2.75) is 32.4 Å². The van der Waals surface area contributed by atoms with Crippen LogP contribution < -0.4 is 10.6 Å². The van der Waals surface area contributed by atoms with Gasteiger partial charge in [-0.3, -0.25) is 4.79 Å². The zero-order chi connectivity index (χ0) is 16.6. The first-order valence-corrected chi connectivity index (χ1v) is 8.18. The summed E-state index contributed by atoms with van der Waals surface area (Å²) in [6.07, 6.45) is 4.73. The second kappa shape index (κ2) is 6.20. The molecule has 2 aromatic rings. The highest BCUT2D eigenvalue weighted by atomic mass is 16.2. The molecule has 1 aliphatic heterocycles. The SMILES string of the molecule is CC(N)C(=O)N1CCC(C)C(N(C)c2ccnc3[nH]ccc23)C1. The average Bonchev–Trinajstić information content (AvgIpc) is 3.02. The summed E-state index contributed by atoms with van der Waals surface area (Å²) in [6.45, 7) is 5.52. The van der Waals surface area contributed by atoms with E-state index in [-0.39, 0.29) is 11.9 Å². The third-order valence-electron chi connectivity index (χ3n) is 4.93. The van der Waals surface area contributed by atoms with Gasteiger partial charge in [-0.05, 0) is 31.4 Å². The van der Waals surface area contributed by atoms with Crippen molar-refractivity contribution in [2.24, 2.45) is 11.7 Å². The summed E-state index contributed by atoms with van der Waals surface area (Å²) in [5, 5.41) is 1.11. The number of nitrogens with zero attached hydrogens (tertiary/aromatic N) is 3. The van der Waals surface area contributed by atoms with Crippen molar-refractivity contribution in [1.29, 1.82) is 0 Å². The number of aromatic amines is 1. The number of H-pyrrole nitrogens is 1. The number of carbonyl (C=O) groups excluding carboxylic acids is 1. The molecule has 3 atom stereocenters. The predicted octanol–water partition coefficient (Wildman–Crippen LogP) is 1.58. The molecule has 0 aliphatic carbocycles. The first kappa shape index (κ1) is 15.8. The lowest BCUT2D eigenvalue weighted by Crippen LogP contribution is -2.55. The van der Waals surface area contributed by atoms with Gasteiger partial charge in [-0.1, -0.05) is 6.92 Å². The van der Waals surface area contributed by atoms with Gasteiger partial charge in [0.25, 0.3) is 0 Å². The molecule has 1 fully saturated rings. The summed E-state index contributed by atoms with van der Waals surface area (Å²) >= 11 is 0. The third-order valence-corrected chi connectivity index (χ3v) is 4.93. The van der Waals surface area contributed by atoms with Crippen LogP contribution >= 0.6 is 0 Å². The van der Waals surface area contributed by atoms with Crippen LogP contribution in [-0.2, 0) is 4.79 Å². The van der Waals surface area contributed by atoms with Crippen LogP contribution in [0.5, 0.6) is 0 Å². The van der Waals surface area contributed by atoms with Crippen molar-refractivity contribution < 1.29 is 4.79 Å². The molecule has 3 rings (SSSR count). The maximum absolute atomic E-state index is 12.2. The van der Waals surface area contributed by atoms with E-state index in [0.29, 0.717) is 12.5 Å². The first-order chi connectivity index (χ1) is 11.0. The number of rotatable bonds is 3. The van der Waals surface area contributed by atoms with Gasteiger partial charge in [0, 0.05) is 49.6 Å². The van der Waals surface area contributed by atoms with Crippen LogP contribution in [0.15, 0.2) is 24.5 Å². The van der Waals surface area contributed by atoms with Crippen LogP contribution in [0.1, 0.15) is 20.3 Å². The zero-order valence-electron chi connectivity index (χ0n) is 14.0. The fourth-order valence-electron chi connectivity index (χ4n) is 3.47. The van der Waals surface area contributed by atoms with Crippen LogP contribution in [0, 0.1) is 5.92 Å². The number of aromatic nitrogens is 2. The highest BCUT2D eigenvalue weighted by Gasteiger charge is 2.32. The minimum absolute atomic E-state index is 0.0387. The molecule has 1 aliphatic rings. The van der Waals surface area contributed by atoms with Gasteiger partial charge >= 0.3 is 0 Å². The number of nitrogens with one attached hydrogen (secondary N) is 1. The van der Waals surface area contributed by atoms with Gasteiger partial charge in [0.1, 0.15) is 5.65 Å². The Morgan fingerprint density at radius 2 is 2.30 bits per heavy atom. The Morgan fingerprint density at radius 1 is 1.52 bits per heavy atom. The van der Waals surface area contributed by atoms with Crippen molar-refractivity contribution in [3.63, 3.8) is 0 Å². The average molecular weight is 315 g/mol. The van der Waals surface area contributed by atoms with Gasteiger partial charge in [0.05, 0.1) is 6.04 Å². The van der Waals surface area contributed by atoms with Crippen LogP contribution in [0.2, 0.25) is 0 Å². The predicted molar refractivity (Wildman–Crippen MR) is 92.3 cm³/mol. The van der Waals surface area contributed by atoms with Crippen LogP contribution in [0.3, 0.4) is 0 Å². The van der Waals surface area contributed by atoms with Crippen molar-refractivity contribution in [3.05, 3.63) is 24.5 Å². The van der Waals surface area contributed by atoms with Crippen molar-refractivity contribution in [1.82, 2.24) is 14.9 Å². The Kier molecular flexibility index (Phi) is 4.26. The lowest BCUT2D eigenvalue weighted by molar-refractivity contribution is -0.133. The van der Waals surface area contributed by atoms with E-state index in [1.807, 2.05) is 29.4 Å². The number of nitrogens with two attached hydrogens (primary N) is 1. The minimum Gasteiger partial charge on any atom is -0.369 e. The normalized spacial score (nSPS) is 23.0. The first-order valence-electron chi connectivity index (χ1n) is 8.18. The highest BCUT2D eigenvalue weighted by molar-refractivity contribution is 5.89. The van der Waals surface area contributed by atoms with Crippen LogP contribution in [0.25, 0.3) is 11.0 Å². The van der Waals surface area contributed by atoms with E-state index in [4.69, 9.17) is 5.73 Å². The molecule has 0 saturated carbocycles. The highest BCUT2D eigenvalue weighted by Crippen LogP contribution is 2.30. The molecule has 0 aromatic carbocycles. The number of pyridine rings is 1. The smallest absolute Gasteiger partial charge is 0.239 e. The number of amides is 1. The minimum atomic E-state index is -0.438. The van der Waals surface area contributed by atoms with Crippen molar-refractivity contribution in [3.8, 4) is 0 Å². The Labute approximate surface area is 136 Å². The Bertz CT molecular complexity index is 695. The molecular formula is C17H25N5O. The van der Waals surface area contributed by atoms with E-state index in [1.54, 1.807) is 6.92 Å². The summed E-state index contributed by atoms with van der Waals surface area (Å²) < 4.78 is 0. The third kappa shape index (κ3) is 2.91. The second-order valence-electron chi connectivity index (χ2n) is 6.59. The monoisotopic (exact) mass is 315 g/mol. The molecule has 1 saturated heterocycles. The largest absolute Gasteiger partial charge is 0.369 e. The number of likely N-dealkylation sites (tertiary alicyclic amines) is 1. The molecule has 6 nitrogen and oxygen atoms in total. The summed E-state index contributed by atoms with van der Waals surface area (Å²) in [5.41, 5.74) is 7.81. The van der Waals surface area contributed by atoms with Gasteiger partial charge in [0.2, 0.25) is 5.91 Å². The van der Waals surface area contributed by atoms with Crippen molar-refractivity contribution >= 4 is 22.6 Å². The van der Waals surface area contributed by atoms with Gasteiger partial charge in [-0.15, -0.1) is 0 Å². The van der Waals surface area contributed by atoms with Crippen LogP contribution in [-0.4, -0.2) is 53.0 Å². The molecule has 3 N–H and O–H groups in total. The maximum atomic E-state index is 12.2. The lowest BCUT2D eigenvalue weighted by atomic mass is 9.91. The molecule has 0 bridgehead atoms. The van der Waals surface area contributed by atoms with E-state index in [1.165, 1.54) is 0 Å². The number of likely N-dealkylation sites (N-methyl/N-ethyl adjacent to an activating group) is 1. The van der Waals surface area contributed by atoms with E-state index in [2.05, 4.69) is 28.8 Å². The topological polar surface area (TPSA) is 78.2 Å². The van der Waals surface area contributed by atoms with E-state index < -0.39 is 6.04 Å². The van der Waals surface area contributed by atoms with Gasteiger partial charge in [-0.2, -0.15) is 0 Å². The Morgan fingerprint density at radius 3 is 3.04 bits per heavy atom. The molecule has 3 unspecified atom stereocenters. The van der Waals surface area contributed by atoms with Gasteiger partial charge in [0.15, 0.2) is 0 Å². The van der Waals surface area contributed by atoms with Crippen LogP contribution in [0.4, 0.5) is 5.69 Å². The fourth-order valence-corrected chi connectivity index (χ4v) is 3.47. The second-order valence-corrected chi connectivity index (χ2v) is 6.59. The Balaban J connectivity index is 1.86. The summed E-state index contributed by atoms with van der Waals surface area (Å²) in [6, 6.07) is 3.92. The molecule has 0 spiro atoms. The zero-order valence-corrected chi connectivity index (χ0v) is 14.0. The summed E-state index contributed by atoms with van der Waals surface area (Å²) in [7, 11) is 2.10. The van der Waals surface area contributed by atoms with Crippen molar-refractivity contribution in [2.75, 3.05) is 25.0 Å². The molecule has 0 radical (unpaired) electrons. The quantitative estimate of drug-likeness (QED) is 0.901. The van der Waals surface area contributed by atoms with Gasteiger partial charge < -0.3 is 20.5 Å². The number of fused-ring (bicyclic) bond motifs is 1. The molecule has 2 aromatic heterocycles. The molecular weight excluding hydrogens is 290 g/mol. The van der Waals surface area contributed by atoms with Gasteiger partial charge in [-0.25, -0.2) is 4.98 Å². The Hall–Kier alpha value is -2.08. The number of hydrogen-bond acceptors (Lipinski definition) is 4. The number of piperidine rings is 1. The van der Waals surface area contributed by atoms with E-state index in [0.717, 1.165) is 29.7 Å². The molecule has 124 valence electrons. The maximum Gasteiger partial charge on any atom is 0.239 e. The summed E-state index contributed by atoms with van der Waals surface area (Å²) in [4.78, 5) is 23.9. The fraction of sp³-hybridized carbons (Fsp3) is 0.529. The van der Waals surface area contributed by atoms with E-state index in [9.17, 15) is 4.79 Å². The molecule has 23 heavy (non-hydrogen) atoms. The molecule has 6 heteroatoms.